The number of aromatic nitrogens is 2. The highest BCUT2D eigenvalue weighted by atomic mass is 16.3. The molecule has 1 aliphatic rings. The van der Waals surface area contributed by atoms with Crippen LogP contribution in [0.5, 0.6) is 0 Å². The predicted octanol–water partition coefficient (Wildman–Crippen LogP) is 3.20. The third-order valence-corrected chi connectivity index (χ3v) is 3.60. The fraction of sp³-hybridized carbons (Fsp3) is 0.250. The van der Waals surface area contributed by atoms with E-state index in [1.165, 1.54) is 0 Å². The molecule has 0 atom stereocenters. The van der Waals surface area contributed by atoms with Crippen molar-refractivity contribution in [2.75, 3.05) is 17.0 Å². The molecule has 1 aliphatic heterocycles. The van der Waals surface area contributed by atoms with Crippen molar-refractivity contribution in [2.24, 2.45) is 5.92 Å². The number of rotatable bonds is 3. The van der Waals surface area contributed by atoms with Gasteiger partial charge in [0.15, 0.2) is 5.58 Å². The summed E-state index contributed by atoms with van der Waals surface area (Å²) in [4.78, 5) is 8.56. The molecular formula is C16H17N5O. The van der Waals surface area contributed by atoms with E-state index >= 15 is 0 Å². The van der Waals surface area contributed by atoms with Crippen LogP contribution in [0.2, 0.25) is 0 Å². The van der Waals surface area contributed by atoms with E-state index in [0.29, 0.717) is 17.4 Å². The van der Waals surface area contributed by atoms with Crippen LogP contribution in [0.3, 0.4) is 0 Å². The van der Waals surface area contributed by atoms with Gasteiger partial charge < -0.3 is 9.84 Å². The van der Waals surface area contributed by atoms with E-state index in [4.69, 9.17) is 4.42 Å². The summed E-state index contributed by atoms with van der Waals surface area (Å²) in [6, 6.07) is 7.99. The van der Waals surface area contributed by atoms with Crippen molar-refractivity contribution < 1.29 is 4.42 Å². The Kier molecular flexibility index (Phi) is 2.97. The van der Waals surface area contributed by atoms with Crippen molar-refractivity contribution in [3.63, 3.8) is 0 Å². The Morgan fingerprint density at radius 2 is 2.18 bits per heavy atom. The molecule has 0 fully saturated rings. The number of hydrogen-bond acceptors (Lipinski definition) is 6. The standard InChI is InChI=1S/C16H17N5O/c1-10(2)9-21-14-4-3-11(7-13(14)19-20-21)16-18-12-5-6-17-8-15(12)22-16/h3-8,10,19-20H,9H2,1-2H3. The van der Waals surface area contributed by atoms with E-state index in [9.17, 15) is 0 Å². The van der Waals surface area contributed by atoms with Crippen LogP contribution in [0.15, 0.2) is 41.1 Å². The SMILES string of the molecule is CC(C)CN1NNc2cc(-c3nc4ccncc4o3)ccc21. The van der Waals surface area contributed by atoms with Crippen molar-refractivity contribution in [2.45, 2.75) is 13.8 Å². The fourth-order valence-electron chi connectivity index (χ4n) is 2.61. The van der Waals surface area contributed by atoms with Gasteiger partial charge >= 0.3 is 0 Å². The molecule has 3 aromatic rings. The molecule has 4 rings (SSSR count). The van der Waals surface area contributed by atoms with Gasteiger partial charge in [0.1, 0.15) is 5.52 Å². The maximum absolute atomic E-state index is 5.77. The van der Waals surface area contributed by atoms with Gasteiger partial charge in [0.2, 0.25) is 5.89 Å². The molecule has 0 amide bonds. The maximum Gasteiger partial charge on any atom is 0.227 e. The van der Waals surface area contributed by atoms with Crippen molar-refractivity contribution in [1.82, 2.24) is 15.5 Å². The van der Waals surface area contributed by atoms with E-state index in [1.807, 2.05) is 18.2 Å². The highest BCUT2D eigenvalue weighted by molar-refractivity contribution is 5.80. The Bertz CT molecular complexity index is 793. The van der Waals surface area contributed by atoms with Gasteiger partial charge in [-0.3, -0.25) is 9.99 Å². The van der Waals surface area contributed by atoms with Gasteiger partial charge in [-0.25, -0.2) is 4.98 Å². The molecule has 2 aromatic heterocycles. The predicted molar refractivity (Wildman–Crippen MR) is 86.2 cm³/mol. The lowest BCUT2D eigenvalue weighted by molar-refractivity contribution is 0.584. The highest BCUT2D eigenvalue weighted by Gasteiger charge is 2.20. The smallest absolute Gasteiger partial charge is 0.227 e. The lowest BCUT2D eigenvalue weighted by Gasteiger charge is -2.19. The molecule has 6 nitrogen and oxygen atoms in total. The van der Waals surface area contributed by atoms with E-state index < -0.39 is 0 Å². The zero-order valence-corrected chi connectivity index (χ0v) is 12.5. The largest absolute Gasteiger partial charge is 0.434 e. The Hall–Kier alpha value is -2.60. The third-order valence-electron chi connectivity index (χ3n) is 3.60. The van der Waals surface area contributed by atoms with Gasteiger partial charge in [-0.15, -0.1) is 5.53 Å². The van der Waals surface area contributed by atoms with Crippen LogP contribution >= 0.6 is 0 Å². The fourth-order valence-corrected chi connectivity index (χ4v) is 2.61. The van der Waals surface area contributed by atoms with Crippen LogP contribution in [-0.4, -0.2) is 16.5 Å². The Balaban J connectivity index is 1.70. The topological polar surface area (TPSA) is 66.2 Å². The first-order valence-electron chi connectivity index (χ1n) is 7.35. The first-order valence-corrected chi connectivity index (χ1v) is 7.35. The molecule has 22 heavy (non-hydrogen) atoms. The second-order valence-electron chi connectivity index (χ2n) is 5.84. The monoisotopic (exact) mass is 295 g/mol. The Labute approximate surface area is 128 Å². The minimum Gasteiger partial charge on any atom is -0.434 e. The van der Waals surface area contributed by atoms with Gasteiger partial charge in [0, 0.05) is 18.3 Å². The molecule has 0 radical (unpaired) electrons. The Morgan fingerprint density at radius 3 is 3.00 bits per heavy atom. The van der Waals surface area contributed by atoms with Gasteiger partial charge in [0.25, 0.3) is 0 Å². The van der Waals surface area contributed by atoms with E-state index in [0.717, 1.165) is 29.0 Å². The van der Waals surface area contributed by atoms with Crippen LogP contribution in [0.1, 0.15) is 13.8 Å². The number of nitrogens with one attached hydrogen (secondary N) is 2. The first-order chi connectivity index (χ1) is 10.7. The summed E-state index contributed by atoms with van der Waals surface area (Å²) in [5, 5.41) is 2.11. The van der Waals surface area contributed by atoms with Gasteiger partial charge in [-0.05, 0) is 30.2 Å². The van der Waals surface area contributed by atoms with E-state index in [2.05, 4.69) is 45.9 Å². The number of benzene rings is 1. The molecule has 0 bridgehead atoms. The summed E-state index contributed by atoms with van der Waals surface area (Å²) in [5.41, 5.74) is 11.0. The van der Waals surface area contributed by atoms with Gasteiger partial charge in [0.05, 0.1) is 17.6 Å². The number of fused-ring (bicyclic) bond motifs is 2. The zero-order chi connectivity index (χ0) is 15.1. The van der Waals surface area contributed by atoms with E-state index in [-0.39, 0.29) is 0 Å². The summed E-state index contributed by atoms with van der Waals surface area (Å²) in [6.07, 6.45) is 3.40. The molecule has 0 spiro atoms. The minimum absolute atomic E-state index is 0.574. The summed E-state index contributed by atoms with van der Waals surface area (Å²) in [6.45, 7) is 5.33. The summed E-state index contributed by atoms with van der Waals surface area (Å²) in [5.74, 6) is 1.18. The zero-order valence-electron chi connectivity index (χ0n) is 12.5. The summed E-state index contributed by atoms with van der Waals surface area (Å²) in [7, 11) is 0. The average Bonchev–Trinajstić information content (AvgIpc) is 3.10. The van der Waals surface area contributed by atoms with Crippen molar-refractivity contribution in [3.8, 4) is 11.5 Å². The number of pyridine rings is 1. The van der Waals surface area contributed by atoms with Crippen molar-refractivity contribution in [1.29, 1.82) is 0 Å². The molecule has 6 heteroatoms. The van der Waals surface area contributed by atoms with Crippen LogP contribution in [0, 0.1) is 5.92 Å². The lowest BCUT2D eigenvalue weighted by Crippen LogP contribution is -2.38. The Morgan fingerprint density at radius 1 is 1.27 bits per heavy atom. The molecule has 2 N–H and O–H groups in total. The van der Waals surface area contributed by atoms with Crippen molar-refractivity contribution >= 4 is 22.5 Å². The average molecular weight is 295 g/mol. The quantitative estimate of drug-likeness (QED) is 0.773. The molecule has 0 saturated heterocycles. The second-order valence-corrected chi connectivity index (χ2v) is 5.84. The molecule has 3 heterocycles. The number of hydrazine groups is 2. The van der Waals surface area contributed by atoms with Crippen molar-refractivity contribution in [3.05, 3.63) is 36.7 Å². The van der Waals surface area contributed by atoms with Crippen LogP contribution in [-0.2, 0) is 0 Å². The highest BCUT2D eigenvalue weighted by Crippen LogP contribution is 2.34. The number of hydrogen-bond donors (Lipinski definition) is 2. The molecule has 112 valence electrons. The first kappa shape index (κ1) is 13.1. The van der Waals surface area contributed by atoms with Gasteiger partial charge in [-0.1, -0.05) is 13.8 Å². The maximum atomic E-state index is 5.77. The summed E-state index contributed by atoms with van der Waals surface area (Å²) < 4.78 is 5.77. The van der Waals surface area contributed by atoms with Gasteiger partial charge in [-0.2, -0.15) is 0 Å². The number of nitrogens with zero attached hydrogens (tertiary/aromatic N) is 3. The summed E-state index contributed by atoms with van der Waals surface area (Å²) >= 11 is 0. The van der Waals surface area contributed by atoms with Crippen LogP contribution in [0.4, 0.5) is 11.4 Å². The number of oxazole rings is 1. The minimum atomic E-state index is 0.574. The lowest BCUT2D eigenvalue weighted by atomic mass is 10.1. The van der Waals surface area contributed by atoms with Crippen LogP contribution < -0.4 is 16.0 Å². The molecule has 0 unspecified atom stereocenters. The van der Waals surface area contributed by atoms with Crippen LogP contribution in [0.25, 0.3) is 22.6 Å². The molecule has 1 aromatic carbocycles. The normalized spacial score (nSPS) is 13.7. The number of anilines is 2. The molecular weight excluding hydrogens is 278 g/mol. The second kappa shape index (κ2) is 4.99. The van der Waals surface area contributed by atoms with E-state index in [1.54, 1.807) is 12.4 Å². The molecule has 0 aliphatic carbocycles. The third kappa shape index (κ3) is 2.17. The molecule has 0 saturated carbocycles.